The van der Waals surface area contributed by atoms with Gasteiger partial charge in [0, 0.05) is 31.2 Å². The van der Waals surface area contributed by atoms with Gasteiger partial charge in [0.1, 0.15) is 5.56 Å². The minimum Gasteiger partial charge on any atom is -0.393 e. The molecule has 3 heterocycles. The molecule has 1 saturated carbocycles. The van der Waals surface area contributed by atoms with Crippen molar-refractivity contribution in [2.75, 3.05) is 0 Å². The Labute approximate surface area is 144 Å². The molecule has 4 rings (SSSR count). The molecule has 0 saturated heterocycles. The molecule has 1 atom stereocenters. The maximum absolute atomic E-state index is 12.8. The molecule has 0 radical (unpaired) electrons. The predicted octanol–water partition coefficient (Wildman–Crippen LogP) is 1.01. The number of hydrogen-bond acceptors (Lipinski definition) is 5. The first kappa shape index (κ1) is 15.8. The number of rotatable bonds is 4. The molecule has 130 valence electrons. The third kappa shape index (κ3) is 2.89. The lowest BCUT2D eigenvalue weighted by Crippen LogP contribution is -2.41. The Bertz CT molecular complexity index is 924. The smallest absolute Gasteiger partial charge is 0.257 e. The summed E-state index contributed by atoms with van der Waals surface area (Å²) in [5.41, 5.74) is 2.88. The van der Waals surface area contributed by atoms with E-state index in [4.69, 9.17) is 0 Å². The van der Waals surface area contributed by atoms with Crippen LogP contribution < -0.4 is 5.32 Å². The Morgan fingerprint density at radius 2 is 2.08 bits per heavy atom. The fraction of sp³-hybridized carbons (Fsp3) is 0.412. The Morgan fingerprint density at radius 3 is 2.76 bits per heavy atom. The largest absolute Gasteiger partial charge is 0.393 e. The van der Waals surface area contributed by atoms with Crippen LogP contribution in [-0.4, -0.2) is 41.5 Å². The zero-order valence-electron chi connectivity index (χ0n) is 14.1. The second-order valence-corrected chi connectivity index (χ2v) is 6.74. The number of aryl methyl sites for hydroxylation is 2. The monoisotopic (exact) mass is 340 g/mol. The van der Waals surface area contributed by atoms with Gasteiger partial charge in [-0.15, -0.1) is 0 Å². The number of hydrogen-bond donors (Lipinski definition) is 2. The van der Waals surface area contributed by atoms with Gasteiger partial charge < -0.3 is 10.4 Å². The summed E-state index contributed by atoms with van der Waals surface area (Å²) < 4.78 is 3.32. The van der Waals surface area contributed by atoms with E-state index < -0.39 is 0 Å². The highest BCUT2D eigenvalue weighted by molar-refractivity contribution is 5.99. The van der Waals surface area contributed by atoms with Crippen LogP contribution in [0.2, 0.25) is 0 Å². The fourth-order valence-electron chi connectivity index (χ4n) is 3.32. The van der Waals surface area contributed by atoms with E-state index in [-0.39, 0.29) is 24.0 Å². The number of amides is 1. The molecule has 0 bridgehead atoms. The van der Waals surface area contributed by atoms with Crippen molar-refractivity contribution in [2.24, 2.45) is 13.0 Å². The van der Waals surface area contributed by atoms with Gasteiger partial charge in [-0.25, -0.2) is 9.50 Å². The van der Waals surface area contributed by atoms with E-state index in [1.54, 1.807) is 21.6 Å². The van der Waals surface area contributed by atoms with Gasteiger partial charge in [0.15, 0.2) is 5.65 Å². The van der Waals surface area contributed by atoms with E-state index >= 15 is 0 Å². The van der Waals surface area contributed by atoms with Gasteiger partial charge in [-0.05, 0) is 31.2 Å². The molecule has 1 amide bonds. The predicted molar refractivity (Wildman–Crippen MR) is 89.9 cm³/mol. The maximum atomic E-state index is 12.8. The minimum absolute atomic E-state index is 0.190. The average Bonchev–Trinajstić information content (AvgIpc) is 3.15. The number of carbonyl (C=O) groups excluding carboxylic acids is 1. The van der Waals surface area contributed by atoms with Crippen LogP contribution in [0.25, 0.3) is 5.65 Å². The highest BCUT2D eigenvalue weighted by atomic mass is 16.3. The summed E-state index contributed by atoms with van der Waals surface area (Å²) >= 11 is 0. The summed E-state index contributed by atoms with van der Waals surface area (Å²) in [6.07, 6.45) is 9.79. The lowest BCUT2D eigenvalue weighted by atomic mass is 9.75. The summed E-state index contributed by atoms with van der Waals surface area (Å²) in [6.45, 7) is 1.92. The Kier molecular flexibility index (Phi) is 3.76. The maximum Gasteiger partial charge on any atom is 0.257 e. The number of nitrogens with zero attached hydrogens (tertiary/aromatic N) is 5. The van der Waals surface area contributed by atoms with E-state index in [9.17, 15) is 9.90 Å². The Hall–Kier alpha value is -2.74. The van der Waals surface area contributed by atoms with Crippen LogP contribution in [-0.2, 0) is 7.05 Å². The van der Waals surface area contributed by atoms with Crippen LogP contribution in [0.3, 0.4) is 0 Å². The first-order valence-corrected chi connectivity index (χ1v) is 8.28. The number of nitrogens with one attached hydrogen (secondary N) is 1. The molecule has 8 heteroatoms. The minimum atomic E-state index is -0.289. The number of carbonyl (C=O) groups is 1. The molecule has 0 spiro atoms. The van der Waals surface area contributed by atoms with Crippen molar-refractivity contribution in [3.8, 4) is 0 Å². The lowest BCUT2D eigenvalue weighted by molar-refractivity contribution is 0.0235. The van der Waals surface area contributed by atoms with E-state index in [2.05, 4.69) is 20.5 Å². The second kappa shape index (κ2) is 5.96. The van der Waals surface area contributed by atoms with Crippen molar-refractivity contribution in [1.82, 2.24) is 29.7 Å². The topological polar surface area (TPSA) is 97.3 Å². The van der Waals surface area contributed by atoms with Gasteiger partial charge in [0.25, 0.3) is 5.91 Å². The lowest BCUT2D eigenvalue weighted by Gasteiger charge is -2.37. The van der Waals surface area contributed by atoms with Crippen molar-refractivity contribution in [3.05, 3.63) is 47.7 Å². The van der Waals surface area contributed by atoms with Gasteiger partial charge in [0.05, 0.1) is 24.5 Å². The molecule has 3 aromatic heterocycles. The van der Waals surface area contributed by atoms with Gasteiger partial charge in [-0.3, -0.25) is 9.48 Å². The van der Waals surface area contributed by atoms with Crippen molar-refractivity contribution in [1.29, 1.82) is 0 Å². The van der Waals surface area contributed by atoms with Crippen LogP contribution >= 0.6 is 0 Å². The van der Waals surface area contributed by atoms with Crippen LogP contribution in [0.1, 0.15) is 40.4 Å². The van der Waals surface area contributed by atoms with Crippen molar-refractivity contribution >= 4 is 11.6 Å². The van der Waals surface area contributed by atoms with Crippen LogP contribution in [0, 0.1) is 12.8 Å². The summed E-state index contributed by atoms with van der Waals surface area (Å²) in [7, 11) is 1.84. The summed E-state index contributed by atoms with van der Waals surface area (Å²) in [4.78, 5) is 17.1. The highest BCUT2D eigenvalue weighted by Gasteiger charge is 2.36. The first-order chi connectivity index (χ1) is 12.0. The number of aromatic nitrogens is 5. The zero-order chi connectivity index (χ0) is 17.6. The van der Waals surface area contributed by atoms with E-state index in [1.165, 1.54) is 6.20 Å². The van der Waals surface area contributed by atoms with E-state index in [1.807, 2.05) is 26.4 Å². The number of aliphatic hydroxyl groups is 1. The zero-order valence-corrected chi connectivity index (χ0v) is 14.1. The summed E-state index contributed by atoms with van der Waals surface area (Å²) in [6, 6.07) is -0.190. The molecule has 0 aliphatic heterocycles. The van der Waals surface area contributed by atoms with Crippen molar-refractivity contribution in [2.45, 2.75) is 31.9 Å². The quantitative estimate of drug-likeness (QED) is 0.739. The molecule has 3 aromatic rings. The van der Waals surface area contributed by atoms with Crippen LogP contribution in [0.15, 0.2) is 31.0 Å². The summed E-state index contributed by atoms with van der Waals surface area (Å²) in [5.74, 6) is -0.0261. The van der Waals surface area contributed by atoms with Gasteiger partial charge >= 0.3 is 0 Å². The molecule has 1 unspecified atom stereocenters. The molecule has 2 N–H and O–H groups in total. The average molecular weight is 340 g/mol. The Morgan fingerprint density at radius 1 is 1.28 bits per heavy atom. The third-order valence-electron chi connectivity index (χ3n) is 4.72. The molecule has 8 nitrogen and oxygen atoms in total. The fourth-order valence-corrected chi connectivity index (χ4v) is 3.32. The first-order valence-electron chi connectivity index (χ1n) is 8.28. The Balaban J connectivity index is 1.61. The van der Waals surface area contributed by atoms with E-state index in [0.717, 1.165) is 11.1 Å². The second-order valence-electron chi connectivity index (χ2n) is 6.74. The SMILES string of the molecule is Cc1cnc2c(C(=O)NC(c3cnn(C)c3)C3CC(O)C3)cnn2c1. The van der Waals surface area contributed by atoms with Crippen molar-refractivity contribution in [3.63, 3.8) is 0 Å². The molecule has 1 aliphatic carbocycles. The normalized spacial score (nSPS) is 21.1. The molecule has 1 fully saturated rings. The molecular formula is C17H20N6O2. The molecule has 1 aliphatic rings. The molecular weight excluding hydrogens is 320 g/mol. The molecule has 0 aromatic carbocycles. The van der Waals surface area contributed by atoms with Gasteiger partial charge in [-0.1, -0.05) is 0 Å². The highest BCUT2D eigenvalue weighted by Crippen LogP contribution is 2.38. The standard InChI is InChI=1S/C17H20N6O2/c1-10-5-18-16-14(7-20-23(16)8-10)17(25)21-15(11-3-13(24)4-11)12-6-19-22(2)9-12/h5-9,11,13,15,24H,3-4H2,1-2H3,(H,21,25). The van der Waals surface area contributed by atoms with E-state index in [0.29, 0.717) is 24.1 Å². The summed E-state index contributed by atoms with van der Waals surface area (Å²) in [5, 5.41) is 21.1. The van der Waals surface area contributed by atoms with Crippen LogP contribution in [0.4, 0.5) is 0 Å². The molecule has 25 heavy (non-hydrogen) atoms. The number of fused-ring (bicyclic) bond motifs is 1. The third-order valence-corrected chi connectivity index (χ3v) is 4.72. The number of aliphatic hydroxyl groups excluding tert-OH is 1. The van der Waals surface area contributed by atoms with Gasteiger partial charge in [-0.2, -0.15) is 10.2 Å². The van der Waals surface area contributed by atoms with Crippen LogP contribution in [0.5, 0.6) is 0 Å². The van der Waals surface area contributed by atoms with Crippen molar-refractivity contribution < 1.29 is 9.90 Å². The van der Waals surface area contributed by atoms with Gasteiger partial charge in [0.2, 0.25) is 0 Å².